The van der Waals surface area contributed by atoms with Crippen molar-refractivity contribution in [2.75, 3.05) is 42.5 Å². The van der Waals surface area contributed by atoms with E-state index in [-0.39, 0.29) is 5.91 Å². The van der Waals surface area contributed by atoms with Gasteiger partial charge in [0.2, 0.25) is 0 Å². The van der Waals surface area contributed by atoms with Crippen LogP contribution in [0.4, 0.5) is 11.6 Å². The lowest BCUT2D eigenvalue weighted by molar-refractivity contribution is 0.0948. The maximum absolute atomic E-state index is 12.3. The number of hydrogen-bond acceptors (Lipinski definition) is 6. The van der Waals surface area contributed by atoms with E-state index in [1.54, 1.807) is 6.07 Å². The van der Waals surface area contributed by atoms with Crippen LogP contribution in [0.15, 0.2) is 66.9 Å². The Labute approximate surface area is 170 Å². The zero-order valence-electron chi connectivity index (χ0n) is 16.2. The van der Waals surface area contributed by atoms with Crippen molar-refractivity contribution in [3.05, 3.63) is 78.1 Å². The Kier molecular flexibility index (Phi) is 5.95. The van der Waals surface area contributed by atoms with Gasteiger partial charge >= 0.3 is 0 Å². The van der Waals surface area contributed by atoms with Crippen molar-refractivity contribution < 1.29 is 4.79 Å². The minimum atomic E-state index is -0.194. The van der Waals surface area contributed by atoms with Crippen LogP contribution in [0.25, 0.3) is 0 Å². The van der Waals surface area contributed by atoms with Crippen molar-refractivity contribution >= 4 is 17.5 Å². The second kappa shape index (κ2) is 9.14. The number of nitrogens with zero attached hydrogens (tertiary/aromatic N) is 5. The minimum absolute atomic E-state index is 0.194. The summed E-state index contributed by atoms with van der Waals surface area (Å²) >= 11 is 0. The standard InChI is InChI=1S/C22H24N6O/c29-22(24-13-11-18-6-2-1-3-7-18)19-9-10-21(26-25-19)28-16-14-27(15-17-28)20-8-4-5-12-23-20/h1-10,12H,11,13-17H2,(H,24,29). The van der Waals surface area contributed by atoms with E-state index < -0.39 is 0 Å². The molecular weight excluding hydrogens is 364 g/mol. The third kappa shape index (κ3) is 4.87. The minimum Gasteiger partial charge on any atom is -0.353 e. The maximum Gasteiger partial charge on any atom is 0.271 e. The first-order valence-electron chi connectivity index (χ1n) is 9.86. The predicted molar refractivity (Wildman–Crippen MR) is 113 cm³/mol. The quantitative estimate of drug-likeness (QED) is 0.698. The molecule has 7 heteroatoms. The van der Waals surface area contributed by atoms with E-state index in [0.717, 1.165) is 44.2 Å². The van der Waals surface area contributed by atoms with Crippen LogP contribution in [-0.4, -0.2) is 53.8 Å². The Morgan fingerprint density at radius 3 is 2.21 bits per heavy atom. The third-order valence-electron chi connectivity index (χ3n) is 5.00. The van der Waals surface area contributed by atoms with Crippen LogP contribution in [0.5, 0.6) is 0 Å². The number of carbonyl (C=O) groups is 1. The number of piperazine rings is 1. The molecule has 4 rings (SSSR count). The van der Waals surface area contributed by atoms with Gasteiger partial charge in [-0.25, -0.2) is 4.98 Å². The first kappa shape index (κ1) is 18.9. The van der Waals surface area contributed by atoms with Gasteiger partial charge in [0.15, 0.2) is 11.5 Å². The number of pyridine rings is 1. The molecule has 1 saturated heterocycles. The van der Waals surface area contributed by atoms with Gasteiger partial charge in [0.05, 0.1) is 0 Å². The van der Waals surface area contributed by atoms with Gasteiger partial charge < -0.3 is 15.1 Å². The van der Waals surface area contributed by atoms with Crippen LogP contribution >= 0.6 is 0 Å². The molecule has 1 N–H and O–H groups in total. The molecule has 0 saturated carbocycles. The lowest BCUT2D eigenvalue weighted by atomic mass is 10.1. The smallest absolute Gasteiger partial charge is 0.271 e. The fraction of sp³-hybridized carbons (Fsp3) is 0.273. The van der Waals surface area contributed by atoms with Crippen LogP contribution in [-0.2, 0) is 6.42 Å². The average Bonchev–Trinajstić information content (AvgIpc) is 2.80. The summed E-state index contributed by atoms with van der Waals surface area (Å²) < 4.78 is 0. The molecule has 3 heterocycles. The highest BCUT2D eigenvalue weighted by Crippen LogP contribution is 2.16. The normalized spacial score (nSPS) is 13.9. The number of anilines is 2. The molecular formula is C22H24N6O. The molecule has 0 unspecified atom stereocenters. The number of aromatic nitrogens is 3. The number of hydrogen-bond donors (Lipinski definition) is 1. The second-order valence-corrected chi connectivity index (χ2v) is 6.93. The molecule has 0 bridgehead atoms. The second-order valence-electron chi connectivity index (χ2n) is 6.93. The van der Waals surface area contributed by atoms with E-state index in [4.69, 9.17) is 0 Å². The lowest BCUT2D eigenvalue weighted by Crippen LogP contribution is -2.47. The number of benzene rings is 1. The fourth-order valence-corrected chi connectivity index (χ4v) is 3.38. The van der Waals surface area contributed by atoms with Gasteiger partial charge in [0, 0.05) is 38.9 Å². The molecule has 1 fully saturated rings. The molecule has 2 aromatic heterocycles. The first-order chi connectivity index (χ1) is 14.3. The summed E-state index contributed by atoms with van der Waals surface area (Å²) in [6.45, 7) is 4.00. The van der Waals surface area contributed by atoms with Gasteiger partial charge in [-0.1, -0.05) is 36.4 Å². The third-order valence-corrected chi connectivity index (χ3v) is 5.00. The van der Waals surface area contributed by atoms with E-state index in [1.807, 2.05) is 60.8 Å². The number of nitrogens with one attached hydrogen (secondary N) is 1. The molecule has 0 spiro atoms. The van der Waals surface area contributed by atoms with E-state index in [0.29, 0.717) is 12.2 Å². The van der Waals surface area contributed by atoms with Crippen LogP contribution in [0, 0.1) is 0 Å². The summed E-state index contributed by atoms with van der Waals surface area (Å²) in [7, 11) is 0. The fourth-order valence-electron chi connectivity index (χ4n) is 3.38. The molecule has 148 valence electrons. The number of carbonyl (C=O) groups excluding carboxylic acids is 1. The molecule has 0 aliphatic carbocycles. The first-order valence-corrected chi connectivity index (χ1v) is 9.86. The van der Waals surface area contributed by atoms with Gasteiger partial charge in [0.25, 0.3) is 5.91 Å². The summed E-state index contributed by atoms with van der Waals surface area (Å²) in [4.78, 5) is 21.1. The van der Waals surface area contributed by atoms with Gasteiger partial charge in [0.1, 0.15) is 5.82 Å². The van der Waals surface area contributed by atoms with Gasteiger partial charge in [-0.2, -0.15) is 0 Å². The van der Waals surface area contributed by atoms with Crippen molar-refractivity contribution in [3.63, 3.8) is 0 Å². The predicted octanol–water partition coefficient (Wildman–Crippen LogP) is 2.17. The Bertz CT molecular complexity index is 909. The molecule has 1 amide bonds. The highest BCUT2D eigenvalue weighted by Gasteiger charge is 2.19. The topological polar surface area (TPSA) is 74.2 Å². The van der Waals surface area contributed by atoms with Crippen molar-refractivity contribution in [2.24, 2.45) is 0 Å². The lowest BCUT2D eigenvalue weighted by Gasteiger charge is -2.35. The molecule has 7 nitrogen and oxygen atoms in total. The zero-order chi connectivity index (χ0) is 19.9. The van der Waals surface area contributed by atoms with Crippen LogP contribution in [0.2, 0.25) is 0 Å². The van der Waals surface area contributed by atoms with E-state index in [2.05, 4.69) is 30.3 Å². The monoisotopic (exact) mass is 388 g/mol. The van der Waals surface area contributed by atoms with Crippen LogP contribution in [0.1, 0.15) is 16.1 Å². The van der Waals surface area contributed by atoms with Crippen LogP contribution in [0.3, 0.4) is 0 Å². The number of amides is 1. The summed E-state index contributed by atoms with van der Waals surface area (Å²) in [5, 5.41) is 11.3. The molecule has 29 heavy (non-hydrogen) atoms. The van der Waals surface area contributed by atoms with Crippen molar-refractivity contribution in [3.8, 4) is 0 Å². The molecule has 0 atom stereocenters. The summed E-state index contributed by atoms with van der Waals surface area (Å²) in [5.74, 6) is 1.60. The molecule has 1 aromatic carbocycles. The Balaban J connectivity index is 1.27. The summed E-state index contributed by atoms with van der Waals surface area (Å²) in [5.41, 5.74) is 1.54. The largest absolute Gasteiger partial charge is 0.353 e. The molecule has 1 aliphatic rings. The Hall–Kier alpha value is -3.48. The van der Waals surface area contributed by atoms with Crippen LogP contribution < -0.4 is 15.1 Å². The molecule has 3 aromatic rings. The Morgan fingerprint density at radius 1 is 0.828 bits per heavy atom. The van der Waals surface area contributed by atoms with Gasteiger partial charge in [-0.15, -0.1) is 10.2 Å². The zero-order valence-corrected chi connectivity index (χ0v) is 16.2. The average molecular weight is 388 g/mol. The molecule has 1 aliphatic heterocycles. The van der Waals surface area contributed by atoms with Gasteiger partial charge in [-0.3, -0.25) is 4.79 Å². The SMILES string of the molecule is O=C(NCCc1ccccc1)c1ccc(N2CCN(c3ccccn3)CC2)nn1. The van der Waals surface area contributed by atoms with E-state index >= 15 is 0 Å². The maximum atomic E-state index is 12.3. The highest BCUT2D eigenvalue weighted by atomic mass is 16.1. The van der Waals surface area contributed by atoms with E-state index in [1.165, 1.54) is 5.56 Å². The molecule has 0 radical (unpaired) electrons. The van der Waals surface area contributed by atoms with Crippen molar-refractivity contribution in [1.82, 2.24) is 20.5 Å². The summed E-state index contributed by atoms with van der Waals surface area (Å²) in [6.07, 6.45) is 2.61. The van der Waals surface area contributed by atoms with Gasteiger partial charge in [-0.05, 0) is 36.2 Å². The Morgan fingerprint density at radius 2 is 1.55 bits per heavy atom. The highest BCUT2D eigenvalue weighted by molar-refractivity contribution is 5.92. The summed E-state index contributed by atoms with van der Waals surface area (Å²) in [6, 6.07) is 19.6. The van der Waals surface area contributed by atoms with Crippen molar-refractivity contribution in [2.45, 2.75) is 6.42 Å². The number of rotatable bonds is 6. The van der Waals surface area contributed by atoms with Crippen molar-refractivity contribution in [1.29, 1.82) is 0 Å². The van der Waals surface area contributed by atoms with E-state index in [9.17, 15) is 4.79 Å².